The normalized spacial score (nSPS) is 14.1. The van der Waals surface area contributed by atoms with Gasteiger partial charge < -0.3 is 4.90 Å². The summed E-state index contributed by atoms with van der Waals surface area (Å²) in [7, 11) is -3.03. The van der Waals surface area contributed by atoms with Crippen LogP contribution in [0.15, 0.2) is 18.2 Å². The van der Waals surface area contributed by atoms with Crippen molar-refractivity contribution in [1.29, 1.82) is 0 Å². The van der Waals surface area contributed by atoms with E-state index in [9.17, 15) is 18.0 Å². The van der Waals surface area contributed by atoms with Crippen molar-refractivity contribution >= 4 is 27.2 Å². The molecule has 1 aliphatic rings. The fourth-order valence-electron chi connectivity index (χ4n) is 2.50. The van der Waals surface area contributed by atoms with E-state index >= 15 is 0 Å². The van der Waals surface area contributed by atoms with Crippen molar-refractivity contribution in [3.05, 3.63) is 29.3 Å². The maximum Gasteiger partial charge on any atom is 0.227 e. The summed E-state index contributed by atoms with van der Waals surface area (Å²) in [6.07, 6.45) is 2.47. The molecule has 0 radical (unpaired) electrons. The molecular weight excluding hydrogens is 290 g/mol. The minimum absolute atomic E-state index is 0.00993. The molecule has 0 spiro atoms. The Labute approximate surface area is 124 Å². The Morgan fingerprint density at radius 2 is 2.00 bits per heavy atom. The van der Waals surface area contributed by atoms with Crippen LogP contribution < -0.4 is 4.90 Å². The molecule has 1 amide bonds. The van der Waals surface area contributed by atoms with Crippen LogP contribution in [0.25, 0.3) is 0 Å². The molecule has 1 aromatic carbocycles. The molecule has 5 nitrogen and oxygen atoms in total. The zero-order chi connectivity index (χ0) is 15.6. The fraction of sp³-hybridized carbons (Fsp3) is 0.467. The highest BCUT2D eigenvalue weighted by atomic mass is 32.2. The van der Waals surface area contributed by atoms with Gasteiger partial charge in [-0.3, -0.25) is 9.59 Å². The van der Waals surface area contributed by atoms with E-state index in [1.165, 1.54) is 13.2 Å². The van der Waals surface area contributed by atoms with Gasteiger partial charge in [0.2, 0.25) is 5.91 Å². The highest BCUT2D eigenvalue weighted by Crippen LogP contribution is 2.29. The standard InChI is InChI=1S/C15H19NO4S/c1-11(17)12-5-6-14-13(10-12)7-8-16(14)15(18)4-3-9-21(2,19)20/h5-6,10H,3-4,7-9H2,1-2H3. The van der Waals surface area contributed by atoms with Crippen LogP contribution >= 0.6 is 0 Å². The Hall–Kier alpha value is -1.69. The average molecular weight is 309 g/mol. The lowest BCUT2D eigenvalue weighted by molar-refractivity contribution is -0.118. The first-order valence-electron chi connectivity index (χ1n) is 6.90. The summed E-state index contributed by atoms with van der Waals surface area (Å²) in [5.41, 5.74) is 2.49. The first-order valence-corrected chi connectivity index (χ1v) is 8.96. The van der Waals surface area contributed by atoms with Gasteiger partial charge in [-0.25, -0.2) is 8.42 Å². The van der Waals surface area contributed by atoms with Crippen molar-refractivity contribution < 1.29 is 18.0 Å². The second-order valence-corrected chi connectivity index (χ2v) is 7.69. The van der Waals surface area contributed by atoms with Crippen molar-refractivity contribution in [2.75, 3.05) is 23.5 Å². The number of hydrogen-bond acceptors (Lipinski definition) is 4. The number of amides is 1. The lowest BCUT2D eigenvalue weighted by atomic mass is 10.1. The summed E-state index contributed by atoms with van der Waals surface area (Å²) in [5.74, 6) is -0.0217. The Bertz CT molecular complexity index is 679. The summed E-state index contributed by atoms with van der Waals surface area (Å²) in [4.78, 5) is 25.2. The number of fused-ring (bicyclic) bond motifs is 1. The summed E-state index contributed by atoms with van der Waals surface area (Å²) in [6, 6.07) is 5.36. The summed E-state index contributed by atoms with van der Waals surface area (Å²) in [5, 5.41) is 0. The highest BCUT2D eigenvalue weighted by molar-refractivity contribution is 7.90. The Morgan fingerprint density at radius 1 is 1.29 bits per heavy atom. The molecule has 0 N–H and O–H groups in total. The first kappa shape index (κ1) is 15.7. The van der Waals surface area contributed by atoms with Gasteiger partial charge in [-0.1, -0.05) is 0 Å². The van der Waals surface area contributed by atoms with E-state index in [0.717, 1.165) is 17.7 Å². The molecule has 0 saturated carbocycles. The Kier molecular flexibility index (Phi) is 4.46. The van der Waals surface area contributed by atoms with E-state index in [1.807, 2.05) is 6.07 Å². The number of Topliss-reactive ketones (excluding diaryl/α,β-unsaturated/α-hetero) is 1. The van der Waals surface area contributed by atoms with Crippen LogP contribution in [-0.2, 0) is 21.1 Å². The smallest absolute Gasteiger partial charge is 0.227 e. The summed E-state index contributed by atoms with van der Waals surface area (Å²) in [6.45, 7) is 2.11. The topological polar surface area (TPSA) is 71.5 Å². The molecule has 2 rings (SSSR count). The highest BCUT2D eigenvalue weighted by Gasteiger charge is 2.24. The summed E-state index contributed by atoms with van der Waals surface area (Å²) >= 11 is 0. The van der Waals surface area contributed by atoms with Gasteiger partial charge in [0, 0.05) is 30.5 Å². The van der Waals surface area contributed by atoms with Crippen LogP contribution in [-0.4, -0.2) is 38.7 Å². The molecule has 0 unspecified atom stereocenters. The van der Waals surface area contributed by atoms with E-state index in [0.29, 0.717) is 18.5 Å². The third-order valence-electron chi connectivity index (χ3n) is 3.59. The predicted molar refractivity (Wildman–Crippen MR) is 81.4 cm³/mol. The molecule has 0 atom stereocenters. The van der Waals surface area contributed by atoms with E-state index in [1.54, 1.807) is 17.0 Å². The number of hydrogen-bond donors (Lipinski definition) is 0. The molecule has 0 aliphatic carbocycles. The van der Waals surface area contributed by atoms with Crippen LogP contribution in [0.2, 0.25) is 0 Å². The fourth-order valence-corrected chi connectivity index (χ4v) is 3.17. The van der Waals surface area contributed by atoms with Gasteiger partial charge in [-0.05, 0) is 43.5 Å². The molecule has 114 valence electrons. The van der Waals surface area contributed by atoms with Crippen molar-refractivity contribution in [2.45, 2.75) is 26.2 Å². The maximum absolute atomic E-state index is 12.2. The Morgan fingerprint density at radius 3 is 2.62 bits per heavy atom. The molecule has 0 bridgehead atoms. The van der Waals surface area contributed by atoms with Gasteiger partial charge in [0.25, 0.3) is 0 Å². The zero-order valence-electron chi connectivity index (χ0n) is 12.3. The molecule has 0 saturated heterocycles. The van der Waals surface area contributed by atoms with Gasteiger partial charge in [-0.15, -0.1) is 0 Å². The number of anilines is 1. The number of nitrogens with zero attached hydrogens (tertiary/aromatic N) is 1. The maximum atomic E-state index is 12.2. The molecule has 0 fully saturated rings. The van der Waals surface area contributed by atoms with Crippen LogP contribution in [0.1, 0.15) is 35.7 Å². The molecule has 21 heavy (non-hydrogen) atoms. The van der Waals surface area contributed by atoms with Gasteiger partial charge >= 0.3 is 0 Å². The Balaban J connectivity index is 2.05. The second-order valence-electron chi connectivity index (χ2n) is 5.43. The van der Waals surface area contributed by atoms with Gasteiger partial charge in [-0.2, -0.15) is 0 Å². The predicted octanol–water partition coefficient (Wildman–Crippen LogP) is 1.60. The van der Waals surface area contributed by atoms with Gasteiger partial charge in [0.1, 0.15) is 9.84 Å². The number of rotatable bonds is 5. The zero-order valence-corrected chi connectivity index (χ0v) is 13.1. The largest absolute Gasteiger partial charge is 0.312 e. The second kappa shape index (κ2) is 5.97. The van der Waals surface area contributed by atoms with Crippen molar-refractivity contribution in [1.82, 2.24) is 0 Å². The third kappa shape index (κ3) is 3.91. The van der Waals surface area contributed by atoms with Gasteiger partial charge in [0.05, 0.1) is 5.75 Å². The quantitative estimate of drug-likeness (QED) is 0.775. The van der Waals surface area contributed by atoms with E-state index < -0.39 is 9.84 Å². The van der Waals surface area contributed by atoms with E-state index in [4.69, 9.17) is 0 Å². The average Bonchev–Trinajstić information content (AvgIpc) is 2.79. The van der Waals surface area contributed by atoms with Crippen LogP contribution in [0.5, 0.6) is 0 Å². The van der Waals surface area contributed by atoms with E-state index in [2.05, 4.69) is 0 Å². The van der Waals surface area contributed by atoms with E-state index in [-0.39, 0.29) is 23.9 Å². The molecule has 1 aromatic rings. The SMILES string of the molecule is CC(=O)c1ccc2c(c1)CCN2C(=O)CCCS(C)(=O)=O. The number of carbonyl (C=O) groups excluding carboxylic acids is 2. The number of sulfone groups is 1. The number of benzene rings is 1. The number of carbonyl (C=O) groups is 2. The molecule has 0 aromatic heterocycles. The first-order chi connectivity index (χ1) is 9.78. The van der Waals surface area contributed by atoms with Crippen LogP contribution in [0.4, 0.5) is 5.69 Å². The number of ketones is 1. The lowest BCUT2D eigenvalue weighted by Crippen LogP contribution is -2.29. The molecule has 1 heterocycles. The minimum Gasteiger partial charge on any atom is -0.312 e. The van der Waals surface area contributed by atoms with Crippen molar-refractivity contribution in [2.24, 2.45) is 0 Å². The summed E-state index contributed by atoms with van der Waals surface area (Å²) < 4.78 is 22.2. The van der Waals surface area contributed by atoms with Crippen molar-refractivity contribution in [3.63, 3.8) is 0 Å². The minimum atomic E-state index is -3.03. The molecular formula is C15H19NO4S. The molecule has 1 aliphatic heterocycles. The molecule has 6 heteroatoms. The lowest BCUT2D eigenvalue weighted by Gasteiger charge is -2.17. The van der Waals surface area contributed by atoms with Gasteiger partial charge in [0.15, 0.2) is 5.78 Å². The van der Waals surface area contributed by atoms with Crippen LogP contribution in [0.3, 0.4) is 0 Å². The third-order valence-corrected chi connectivity index (χ3v) is 4.62. The van der Waals surface area contributed by atoms with Crippen LogP contribution in [0, 0.1) is 0 Å². The van der Waals surface area contributed by atoms with Crippen molar-refractivity contribution in [3.8, 4) is 0 Å². The monoisotopic (exact) mass is 309 g/mol.